The lowest BCUT2D eigenvalue weighted by atomic mass is 10.0. The van der Waals surface area contributed by atoms with Crippen LogP contribution in [0, 0.1) is 0 Å². The SMILES string of the molecule is CN(c1c(C(=O)NC2CCCC2)noc1-c1ccc(C(F)(F)F)cc1)C(C)(C)C(=O)O. The number of alkyl halides is 3. The first-order valence-corrected chi connectivity index (χ1v) is 9.88. The minimum absolute atomic E-state index is 0.00985. The maximum absolute atomic E-state index is 12.9. The molecule has 1 amide bonds. The Morgan fingerprint density at radius 3 is 2.26 bits per heavy atom. The van der Waals surface area contributed by atoms with E-state index >= 15 is 0 Å². The molecule has 1 heterocycles. The molecule has 0 aliphatic heterocycles. The average molecular weight is 439 g/mol. The fraction of sp³-hybridized carbons (Fsp3) is 0.476. The first-order valence-electron chi connectivity index (χ1n) is 9.88. The Hall–Kier alpha value is -3.04. The minimum Gasteiger partial charge on any atom is -0.480 e. The molecule has 0 spiro atoms. The summed E-state index contributed by atoms with van der Waals surface area (Å²) in [6.45, 7) is 2.88. The smallest absolute Gasteiger partial charge is 0.416 e. The van der Waals surface area contributed by atoms with Crippen molar-refractivity contribution in [3.8, 4) is 11.3 Å². The second kappa shape index (κ2) is 8.24. The van der Waals surface area contributed by atoms with Crippen LogP contribution in [0.2, 0.25) is 0 Å². The number of halogens is 3. The topological polar surface area (TPSA) is 95.7 Å². The molecule has 168 valence electrons. The molecule has 1 aromatic carbocycles. The molecule has 10 heteroatoms. The summed E-state index contributed by atoms with van der Waals surface area (Å²) in [6.07, 6.45) is -0.835. The van der Waals surface area contributed by atoms with E-state index < -0.39 is 29.2 Å². The van der Waals surface area contributed by atoms with Crippen molar-refractivity contribution in [2.75, 3.05) is 11.9 Å². The van der Waals surface area contributed by atoms with Gasteiger partial charge in [0.05, 0.1) is 5.56 Å². The highest BCUT2D eigenvalue weighted by Crippen LogP contribution is 2.38. The lowest BCUT2D eigenvalue weighted by Crippen LogP contribution is -2.49. The van der Waals surface area contributed by atoms with Gasteiger partial charge in [0.1, 0.15) is 11.2 Å². The Morgan fingerprint density at radius 1 is 1.16 bits per heavy atom. The van der Waals surface area contributed by atoms with Gasteiger partial charge in [0.25, 0.3) is 5.91 Å². The molecule has 1 aliphatic rings. The molecule has 0 saturated heterocycles. The van der Waals surface area contributed by atoms with Crippen molar-refractivity contribution in [3.05, 3.63) is 35.5 Å². The Bertz CT molecular complexity index is 961. The number of nitrogens with zero attached hydrogens (tertiary/aromatic N) is 2. The zero-order valence-corrected chi connectivity index (χ0v) is 17.4. The van der Waals surface area contributed by atoms with Crippen LogP contribution in [0.1, 0.15) is 55.6 Å². The molecule has 0 radical (unpaired) electrons. The quantitative estimate of drug-likeness (QED) is 0.696. The Balaban J connectivity index is 2.05. The van der Waals surface area contributed by atoms with E-state index in [1.54, 1.807) is 0 Å². The molecule has 7 nitrogen and oxygen atoms in total. The number of benzene rings is 1. The van der Waals surface area contributed by atoms with Crippen LogP contribution in [0.25, 0.3) is 11.3 Å². The van der Waals surface area contributed by atoms with Crippen molar-refractivity contribution >= 4 is 17.6 Å². The molecule has 1 aliphatic carbocycles. The van der Waals surface area contributed by atoms with E-state index in [2.05, 4.69) is 10.5 Å². The standard InChI is InChI=1S/C21H24F3N3O4/c1-20(2,19(29)30)27(3)16-15(18(28)25-14-6-4-5-7-14)26-31-17(16)12-8-10-13(11-9-12)21(22,23)24/h8-11,14H,4-7H2,1-3H3,(H,25,28)(H,29,30). The number of aromatic nitrogens is 1. The summed E-state index contributed by atoms with van der Waals surface area (Å²) in [7, 11) is 1.47. The second-order valence-corrected chi connectivity index (χ2v) is 8.16. The summed E-state index contributed by atoms with van der Waals surface area (Å²) in [5.74, 6) is -1.66. The third kappa shape index (κ3) is 4.52. The van der Waals surface area contributed by atoms with Gasteiger partial charge in [-0.2, -0.15) is 13.2 Å². The van der Waals surface area contributed by atoms with E-state index in [-0.39, 0.29) is 28.7 Å². The van der Waals surface area contributed by atoms with Crippen LogP contribution >= 0.6 is 0 Å². The summed E-state index contributed by atoms with van der Waals surface area (Å²) in [5, 5.41) is 16.4. The highest BCUT2D eigenvalue weighted by Gasteiger charge is 2.39. The van der Waals surface area contributed by atoms with Crippen LogP contribution < -0.4 is 10.2 Å². The van der Waals surface area contributed by atoms with Crippen LogP contribution in [-0.2, 0) is 11.0 Å². The van der Waals surface area contributed by atoms with Gasteiger partial charge >= 0.3 is 12.1 Å². The molecule has 1 aromatic heterocycles. The molecule has 3 rings (SSSR count). The van der Waals surface area contributed by atoms with Gasteiger partial charge in [0.2, 0.25) is 0 Å². The predicted octanol–water partition coefficient (Wildman–Crippen LogP) is 4.33. The minimum atomic E-state index is -4.50. The number of anilines is 1. The van der Waals surface area contributed by atoms with Crippen molar-refractivity contribution in [1.29, 1.82) is 0 Å². The first-order chi connectivity index (χ1) is 14.4. The molecule has 2 N–H and O–H groups in total. The Kier molecular flexibility index (Phi) is 6.02. The van der Waals surface area contributed by atoms with Crippen molar-refractivity contribution in [3.63, 3.8) is 0 Å². The molecule has 31 heavy (non-hydrogen) atoms. The maximum Gasteiger partial charge on any atom is 0.416 e. The number of carboxylic acids is 1. The van der Waals surface area contributed by atoms with Gasteiger partial charge in [-0.1, -0.05) is 30.1 Å². The van der Waals surface area contributed by atoms with E-state index in [9.17, 15) is 27.9 Å². The summed E-state index contributed by atoms with van der Waals surface area (Å²) < 4.78 is 44.1. The van der Waals surface area contributed by atoms with Crippen molar-refractivity contribution in [2.24, 2.45) is 0 Å². The van der Waals surface area contributed by atoms with Crippen LogP contribution in [-0.4, -0.2) is 40.8 Å². The number of likely N-dealkylation sites (N-methyl/N-ethyl adjacent to an activating group) is 1. The van der Waals surface area contributed by atoms with Gasteiger partial charge in [0.15, 0.2) is 11.5 Å². The van der Waals surface area contributed by atoms with Crippen LogP contribution in [0.5, 0.6) is 0 Å². The largest absolute Gasteiger partial charge is 0.480 e. The Labute approximate surface area is 177 Å². The van der Waals surface area contributed by atoms with Gasteiger partial charge in [-0.3, -0.25) is 4.79 Å². The summed E-state index contributed by atoms with van der Waals surface area (Å²) in [5.41, 5.74) is -2.06. The zero-order valence-electron chi connectivity index (χ0n) is 17.4. The maximum atomic E-state index is 12.9. The van der Waals surface area contributed by atoms with Crippen molar-refractivity contribution in [2.45, 2.75) is 57.3 Å². The zero-order chi connectivity index (χ0) is 23.0. The summed E-state index contributed by atoms with van der Waals surface area (Å²) >= 11 is 0. The van der Waals surface area contributed by atoms with E-state index in [1.807, 2.05) is 0 Å². The molecular weight excluding hydrogens is 415 g/mol. The number of nitrogens with one attached hydrogen (secondary N) is 1. The van der Waals surface area contributed by atoms with Gasteiger partial charge in [-0.25, -0.2) is 4.79 Å². The molecule has 2 aromatic rings. The van der Waals surface area contributed by atoms with Gasteiger partial charge in [-0.15, -0.1) is 0 Å². The van der Waals surface area contributed by atoms with Gasteiger partial charge in [-0.05, 0) is 38.8 Å². The third-order valence-electron chi connectivity index (χ3n) is 5.74. The molecule has 0 atom stereocenters. The van der Waals surface area contributed by atoms with E-state index in [1.165, 1.54) is 37.9 Å². The lowest BCUT2D eigenvalue weighted by molar-refractivity contribution is -0.142. The fourth-order valence-corrected chi connectivity index (χ4v) is 3.49. The Morgan fingerprint density at radius 2 is 1.74 bits per heavy atom. The third-order valence-corrected chi connectivity index (χ3v) is 5.74. The van der Waals surface area contributed by atoms with Gasteiger partial charge in [0, 0.05) is 18.7 Å². The number of carbonyl (C=O) groups is 2. The molecule has 1 fully saturated rings. The van der Waals surface area contributed by atoms with Crippen molar-refractivity contribution < 1.29 is 32.4 Å². The first kappa shape index (κ1) is 22.6. The normalized spacial score (nSPS) is 15.2. The van der Waals surface area contributed by atoms with E-state index in [4.69, 9.17) is 4.52 Å². The number of rotatable bonds is 6. The molecule has 1 saturated carbocycles. The summed E-state index contributed by atoms with van der Waals surface area (Å²) in [6, 6.07) is 4.18. The number of hydrogen-bond acceptors (Lipinski definition) is 5. The predicted molar refractivity (Wildman–Crippen MR) is 107 cm³/mol. The number of amides is 1. The molecule has 0 unspecified atom stereocenters. The number of carbonyl (C=O) groups excluding carboxylic acids is 1. The van der Waals surface area contributed by atoms with E-state index in [0.717, 1.165) is 37.8 Å². The monoisotopic (exact) mass is 439 g/mol. The molecular formula is C21H24F3N3O4. The number of carboxylic acid groups (broad SMARTS) is 1. The van der Waals surface area contributed by atoms with Crippen molar-refractivity contribution in [1.82, 2.24) is 10.5 Å². The van der Waals surface area contributed by atoms with Gasteiger partial charge < -0.3 is 19.8 Å². The molecule has 0 bridgehead atoms. The highest BCUT2D eigenvalue weighted by molar-refractivity contribution is 6.02. The highest BCUT2D eigenvalue weighted by atomic mass is 19.4. The number of hydrogen-bond donors (Lipinski definition) is 2. The van der Waals surface area contributed by atoms with Crippen LogP contribution in [0.15, 0.2) is 28.8 Å². The second-order valence-electron chi connectivity index (χ2n) is 8.16. The van der Waals surface area contributed by atoms with Crippen LogP contribution in [0.3, 0.4) is 0 Å². The fourth-order valence-electron chi connectivity index (χ4n) is 3.49. The lowest BCUT2D eigenvalue weighted by Gasteiger charge is -2.33. The number of aliphatic carboxylic acids is 1. The summed E-state index contributed by atoms with van der Waals surface area (Å²) in [4.78, 5) is 26.0. The average Bonchev–Trinajstić information content (AvgIpc) is 3.36. The van der Waals surface area contributed by atoms with E-state index in [0.29, 0.717) is 0 Å². The van der Waals surface area contributed by atoms with Crippen LogP contribution in [0.4, 0.5) is 18.9 Å².